The molecule has 5 rings (SSSR count). The van der Waals surface area contributed by atoms with Crippen molar-refractivity contribution in [3.05, 3.63) is 35.5 Å². The van der Waals surface area contributed by atoms with Crippen molar-refractivity contribution < 1.29 is 23.5 Å². The van der Waals surface area contributed by atoms with Gasteiger partial charge in [0, 0.05) is 17.6 Å². The Bertz CT molecular complexity index is 1230. The van der Waals surface area contributed by atoms with Crippen molar-refractivity contribution in [3.63, 3.8) is 0 Å². The van der Waals surface area contributed by atoms with E-state index in [1.807, 2.05) is 24.3 Å². The number of alkyl halides is 1. The predicted molar refractivity (Wildman–Crippen MR) is 131 cm³/mol. The minimum atomic E-state index is -1.09. The lowest BCUT2D eigenvalue weighted by Crippen LogP contribution is -2.68. The number of aromatic nitrogens is 1. The van der Waals surface area contributed by atoms with Crippen LogP contribution in [0.2, 0.25) is 0 Å². The van der Waals surface area contributed by atoms with Gasteiger partial charge in [-0.25, -0.2) is 18.5 Å². The summed E-state index contributed by atoms with van der Waals surface area (Å²) in [6, 6.07) is 7.38. The molecule has 0 atom stereocenters. The number of benzene rings is 1. The number of carbonyl (C=O) groups excluding carboxylic acids is 2. The fourth-order valence-electron chi connectivity index (χ4n) is 5.30. The molecule has 10 heteroatoms. The summed E-state index contributed by atoms with van der Waals surface area (Å²) in [7, 11) is 0. The quantitative estimate of drug-likeness (QED) is 0.381. The largest absolute Gasteiger partial charge is 0.444 e. The monoisotopic (exact) mass is 500 g/mol. The smallest absolute Gasteiger partial charge is 0.419 e. The van der Waals surface area contributed by atoms with Gasteiger partial charge >= 0.3 is 12.2 Å². The number of hydrogen-bond acceptors (Lipinski definition) is 6. The lowest BCUT2D eigenvalue weighted by atomic mass is 9.42. The zero-order chi connectivity index (χ0) is 26.5. The fourth-order valence-corrected chi connectivity index (χ4v) is 5.30. The first-order valence-electron chi connectivity index (χ1n) is 12.2. The summed E-state index contributed by atoms with van der Waals surface area (Å²) in [6.45, 7) is 11.4. The van der Waals surface area contributed by atoms with E-state index in [-0.39, 0.29) is 18.5 Å². The zero-order valence-electron chi connectivity index (χ0n) is 21.9. The van der Waals surface area contributed by atoms with Crippen LogP contribution < -0.4 is 4.91 Å². The van der Waals surface area contributed by atoms with Crippen LogP contribution in [0.4, 0.5) is 14.0 Å². The Hall–Kier alpha value is -3.26. The highest BCUT2D eigenvalue weighted by Gasteiger charge is 2.69. The summed E-state index contributed by atoms with van der Waals surface area (Å²) in [5.41, 5.74) is 6.12. The second-order valence-electron chi connectivity index (χ2n) is 12.3. The number of nitrogens with one attached hydrogen (secondary N) is 1. The molecule has 0 radical (unpaired) electrons. The van der Waals surface area contributed by atoms with Crippen molar-refractivity contribution in [2.24, 2.45) is 10.5 Å². The third-order valence-corrected chi connectivity index (χ3v) is 6.45. The second kappa shape index (κ2) is 8.69. The fraction of sp³-hybridized carbons (Fsp3) is 0.615. The zero-order valence-corrected chi connectivity index (χ0v) is 21.9. The summed E-state index contributed by atoms with van der Waals surface area (Å²) < 4.78 is 27.1. The van der Waals surface area contributed by atoms with Crippen LogP contribution in [0.25, 0.3) is 10.9 Å². The van der Waals surface area contributed by atoms with E-state index >= 15 is 0 Å². The summed E-state index contributed by atoms with van der Waals surface area (Å²) >= 11 is 0. The van der Waals surface area contributed by atoms with Gasteiger partial charge in [0.2, 0.25) is 4.91 Å². The van der Waals surface area contributed by atoms with Crippen molar-refractivity contribution in [2.45, 2.75) is 90.8 Å². The van der Waals surface area contributed by atoms with Crippen LogP contribution in [-0.4, -0.2) is 45.1 Å². The van der Waals surface area contributed by atoms with Crippen molar-refractivity contribution in [3.8, 4) is 0 Å². The first kappa shape index (κ1) is 25.8. The van der Waals surface area contributed by atoms with Gasteiger partial charge in [-0.2, -0.15) is 0 Å². The van der Waals surface area contributed by atoms with Gasteiger partial charge in [0.25, 0.3) is 0 Å². The Labute approximate surface area is 210 Å². The third-order valence-electron chi connectivity index (χ3n) is 6.45. The molecule has 0 unspecified atom stereocenters. The van der Waals surface area contributed by atoms with Crippen LogP contribution in [0.5, 0.6) is 0 Å². The van der Waals surface area contributed by atoms with E-state index < -0.39 is 29.1 Å². The van der Waals surface area contributed by atoms with E-state index in [2.05, 4.69) is 10.0 Å². The highest BCUT2D eigenvalue weighted by molar-refractivity contribution is 5.91. The number of carbonyl (C=O) groups is 2. The molecule has 2 bridgehead atoms. The second-order valence-corrected chi connectivity index (χ2v) is 12.3. The molecule has 1 aromatic carbocycles. The molecule has 1 amide bonds. The van der Waals surface area contributed by atoms with Crippen LogP contribution >= 0.6 is 0 Å². The van der Waals surface area contributed by atoms with Crippen LogP contribution in [0.3, 0.4) is 0 Å². The maximum Gasteiger partial charge on any atom is 0.419 e. The maximum absolute atomic E-state index is 14.2. The van der Waals surface area contributed by atoms with Crippen LogP contribution in [0.1, 0.15) is 72.1 Å². The highest BCUT2D eigenvalue weighted by Crippen LogP contribution is 2.69. The average molecular weight is 501 g/mol. The van der Waals surface area contributed by atoms with Gasteiger partial charge in [0.15, 0.2) is 0 Å². The van der Waals surface area contributed by atoms with Crippen LogP contribution in [-0.2, 0) is 22.6 Å². The molecule has 1 heterocycles. The number of rotatable bonds is 6. The molecule has 0 saturated heterocycles. The van der Waals surface area contributed by atoms with Crippen molar-refractivity contribution >= 4 is 23.1 Å². The van der Waals surface area contributed by atoms with E-state index in [4.69, 9.17) is 15.0 Å². The summed E-state index contributed by atoms with van der Waals surface area (Å²) in [5, 5.41) is 4.52. The number of nitrogens with zero attached hydrogens (tertiary/aromatic N) is 4. The molecular formula is C26H35FN5O4+. The number of amides is 1. The molecular weight excluding hydrogens is 465 g/mol. The Balaban J connectivity index is 1.72. The van der Waals surface area contributed by atoms with Gasteiger partial charge in [-0.15, -0.1) is 0 Å². The summed E-state index contributed by atoms with van der Waals surface area (Å²) in [5.74, 6) is 0. The van der Waals surface area contributed by atoms with Gasteiger partial charge in [0.05, 0.1) is 12.1 Å². The van der Waals surface area contributed by atoms with Crippen molar-refractivity contribution in [2.75, 3.05) is 6.54 Å². The minimum absolute atomic E-state index is 0.103. The molecule has 1 aromatic heterocycles. The third kappa shape index (κ3) is 5.43. The van der Waals surface area contributed by atoms with E-state index in [0.717, 1.165) is 10.9 Å². The van der Waals surface area contributed by atoms with E-state index in [1.165, 1.54) is 4.57 Å². The normalized spacial score (nSPS) is 22.8. The molecule has 3 fully saturated rings. The number of halogens is 1. The number of fused-ring (bicyclic) bond motifs is 1. The van der Waals surface area contributed by atoms with Gasteiger partial charge < -0.3 is 14.4 Å². The van der Waals surface area contributed by atoms with Crippen molar-refractivity contribution in [1.29, 1.82) is 5.53 Å². The van der Waals surface area contributed by atoms with E-state index in [9.17, 15) is 14.0 Å². The predicted octanol–water partition coefficient (Wildman–Crippen LogP) is 6.10. The Morgan fingerprint density at radius 3 is 2.31 bits per heavy atom. The SMILES string of the molecule is CC(C)(C)OC(=O)N(Cc1cc2ccc(CN=[N+]=N)cc2n1C(=O)OC(C)(C)C)CC12CC(F)(C1)C2. The summed E-state index contributed by atoms with van der Waals surface area (Å²) in [4.78, 5) is 31.2. The average Bonchev–Trinajstić information content (AvgIpc) is 3.04. The summed E-state index contributed by atoms with van der Waals surface area (Å²) in [6.07, 6.45) is 0.272. The first-order valence-corrected chi connectivity index (χ1v) is 12.2. The molecule has 3 aliphatic rings. The molecule has 0 aliphatic heterocycles. The molecule has 3 aliphatic carbocycles. The molecule has 0 spiro atoms. The molecule has 2 aromatic rings. The first-order chi connectivity index (χ1) is 16.6. The minimum Gasteiger partial charge on any atom is -0.444 e. The van der Waals surface area contributed by atoms with E-state index in [0.29, 0.717) is 37.0 Å². The van der Waals surface area contributed by atoms with Gasteiger partial charge in [-0.1, -0.05) is 12.1 Å². The topological polar surface area (TPSA) is 111 Å². The van der Waals surface area contributed by atoms with Crippen molar-refractivity contribution in [1.82, 2.24) is 14.4 Å². The lowest BCUT2D eigenvalue weighted by Gasteiger charge is -2.66. The lowest BCUT2D eigenvalue weighted by molar-refractivity contribution is -0.220. The molecule has 9 nitrogen and oxygen atoms in total. The standard InChI is InChI=1S/C26H35FN5O4/c1-23(2,3)35-21(33)31(16-25-13-26(27,14-25)15-25)12-19-10-18-8-7-17(11-29-30-28)9-20(18)32(19)22(34)36-24(4,5)6/h7-10,28H,11-16H2,1-6H3/q+1. The van der Waals surface area contributed by atoms with Crippen LogP contribution in [0, 0.1) is 10.9 Å². The van der Waals surface area contributed by atoms with Gasteiger partial charge in [0.1, 0.15) is 34.1 Å². The van der Waals surface area contributed by atoms with Crippen LogP contribution in [0.15, 0.2) is 29.4 Å². The molecule has 36 heavy (non-hydrogen) atoms. The van der Waals surface area contributed by atoms with E-state index in [1.54, 1.807) is 46.4 Å². The number of ether oxygens (including phenoxy) is 2. The highest BCUT2D eigenvalue weighted by atomic mass is 19.1. The van der Waals surface area contributed by atoms with Gasteiger partial charge in [-0.05, 0) is 83.9 Å². The number of hydrogen-bond donors (Lipinski definition) is 1. The Kier molecular flexibility index (Phi) is 6.23. The maximum atomic E-state index is 14.2. The van der Waals surface area contributed by atoms with Gasteiger partial charge in [-0.3, -0.25) is 0 Å². The molecule has 1 N–H and O–H groups in total. The molecule has 3 saturated carbocycles. The Morgan fingerprint density at radius 2 is 1.75 bits per heavy atom. The molecule has 194 valence electrons. The Morgan fingerprint density at radius 1 is 1.11 bits per heavy atom.